The Morgan fingerprint density at radius 3 is 2.42 bits per heavy atom. The first-order chi connectivity index (χ1) is 11.6. The van der Waals surface area contributed by atoms with Crippen molar-refractivity contribution in [1.29, 1.82) is 0 Å². The summed E-state index contributed by atoms with van der Waals surface area (Å²) in [6, 6.07) is 0. The summed E-state index contributed by atoms with van der Waals surface area (Å²) < 4.78 is 0. The van der Waals surface area contributed by atoms with Crippen molar-refractivity contribution in [3.63, 3.8) is 0 Å². The van der Waals surface area contributed by atoms with Crippen LogP contribution in [0.25, 0.3) is 0 Å². The second-order valence-electron chi connectivity index (χ2n) is 7.82. The van der Waals surface area contributed by atoms with Crippen LogP contribution >= 0.6 is 46.6 Å². The lowest BCUT2D eigenvalue weighted by Crippen LogP contribution is -2.40. The summed E-state index contributed by atoms with van der Waals surface area (Å²) in [5.41, 5.74) is 0. The Morgan fingerprint density at radius 2 is 1.75 bits per heavy atom. The first-order valence-corrected chi connectivity index (χ1v) is 11.9. The summed E-state index contributed by atoms with van der Waals surface area (Å²) in [5.74, 6) is 2.74. The van der Waals surface area contributed by atoms with Crippen LogP contribution in [0, 0.1) is 11.8 Å². The number of nitrogens with one attached hydrogen (secondary N) is 1. The van der Waals surface area contributed by atoms with Crippen LogP contribution < -0.4 is 5.32 Å². The van der Waals surface area contributed by atoms with Crippen molar-refractivity contribution in [2.24, 2.45) is 11.8 Å². The highest BCUT2D eigenvalue weighted by Gasteiger charge is 2.35. The third-order valence-electron chi connectivity index (χ3n) is 5.94. The van der Waals surface area contributed by atoms with Crippen LogP contribution in [0.4, 0.5) is 0 Å². The molecule has 1 aliphatic heterocycles. The van der Waals surface area contributed by atoms with Crippen LogP contribution in [0.5, 0.6) is 0 Å². The molecule has 3 aliphatic rings. The van der Waals surface area contributed by atoms with Gasteiger partial charge in [0.2, 0.25) is 0 Å². The number of alkyl halides is 3. The van der Waals surface area contributed by atoms with Gasteiger partial charge in [-0.2, -0.15) is 11.8 Å². The lowest BCUT2D eigenvalue weighted by molar-refractivity contribution is 0.276. The van der Waals surface area contributed by atoms with Gasteiger partial charge in [-0.1, -0.05) is 0 Å². The molecule has 3 rings (SSSR count). The van der Waals surface area contributed by atoms with Gasteiger partial charge in [-0.25, -0.2) is 0 Å². The fraction of sp³-hybridized carbons (Fsp3) is 1.00. The summed E-state index contributed by atoms with van der Waals surface area (Å²) in [7, 11) is 0. The average Bonchev–Trinajstić information content (AvgIpc) is 3.06. The van der Waals surface area contributed by atoms with Gasteiger partial charge in [0, 0.05) is 47.7 Å². The smallest absolute Gasteiger partial charge is 0.0481 e. The maximum Gasteiger partial charge on any atom is 0.0481 e. The molecule has 1 heterocycles. The van der Waals surface area contributed by atoms with Crippen molar-refractivity contribution in [2.75, 3.05) is 32.1 Å². The number of thioether (sulfide) groups is 1. The zero-order valence-corrected chi connectivity index (χ0v) is 17.5. The molecule has 2 aliphatic carbocycles. The van der Waals surface area contributed by atoms with Gasteiger partial charge < -0.3 is 5.32 Å². The number of nitrogens with zero attached hydrogens (tertiary/aromatic N) is 1. The highest BCUT2D eigenvalue weighted by atomic mass is 35.5. The molecule has 0 bridgehead atoms. The zero-order chi connectivity index (χ0) is 16.9. The van der Waals surface area contributed by atoms with Crippen LogP contribution in [-0.2, 0) is 0 Å². The molecule has 6 heteroatoms. The van der Waals surface area contributed by atoms with Crippen molar-refractivity contribution >= 4 is 46.6 Å². The minimum atomic E-state index is 0.243. The molecule has 24 heavy (non-hydrogen) atoms. The molecule has 1 N–H and O–H groups in total. The second kappa shape index (κ2) is 9.90. The van der Waals surface area contributed by atoms with Crippen molar-refractivity contribution < 1.29 is 0 Å². The van der Waals surface area contributed by atoms with Gasteiger partial charge in [0.1, 0.15) is 0 Å². The average molecular weight is 414 g/mol. The molecule has 0 aromatic rings. The van der Waals surface area contributed by atoms with Gasteiger partial charge in [-0.05, 0) is 62.5 Å². The van der Waals surface area contributed by atoms with E-state index in [1.54, 1.807) is 0 Å². The van der Waals surface area contributed by atoms with Gasteiger partial charge in [-0.3, -0.25) is 4.90 Å². The topological polar surface area (TPSA) is 15.3 Å². The quantitative estimate of drug-likeness (QED) is 0.632. The summed E-state index contributed by atoms with van der Waals surface area (Å²) in [5, 5.41) is 5.04. The number of hydrogen-bond donors (Lipinski definition) is 1. The lowest BCUT2D eigenvalue weighted by atomic mass is 9.85. The SMILES string of the molecule is ClC1CCC(CSC(CN2CCNC2)C2CCC(Cl)CC2Cl)CC1. The fourth-order valence-electron chi connectivity index (χ4n) is 4.33. The van der Waals surface area contributed by atoms with Crippen LogP contribution in [0.15, 0.2) is 0 Å². The molecule has 140 valence electrons. The molecule has 0 amide bonds. The van der Waals surface area contributed by atoms with E-state index < -0.39 is 0 Å². The van der Waals surface area contributed by atoms with Crippen molar-refractivity contribution in [2.45, 2.75) is 66.3 Å². The van der Waals surface area contributed by atoms with E-state index in [0.717, 1.165) is 32.0 Å². The maximum absolute atomic E-state index is 6.75. The van der Waals surface area contributed by atoms with Gasteiger partial charge in [0.05, 0.1) is 0 Å². The fourth-order valence-corrected chi connectivity index (χ4v) is 7.34. The van der Waals surface area contributed by atoms with Gasteiger partial charge in [0.15, 0.2) is 0 Å². The van der Waals surface area contributed by atoms with E-state index in [1.807, 2.05) is 0 Å². The minimum absolute atomic E-state index is 0.243. The van der Waals surface area contributed by atoms with Gasteiger partial charge in [-0.15, -0.1) is 34.8 Å². The highest BCUT2D eigenvalue weighted by Crippen LogP contribution is 2.40. The maximum atomic E-state index is 6.75. The summed E-state index contributed by atoms with van der Waals surface area (Å²) in [6.45, 7) is 4.50. The summed E-state index contributed by atoms with van der Waals surface area (Å²) >= 11 is 21.5. The van der Waals surface area contributed by atoms with E-state index in [4.69, 9.17) is 34.8 Å². The monoisotopic (exact) mass is 412 g/mol. The van der Waals surface area contributed by atoms with E-state index in [9.17, 15) is 0 Å². The van der Waals surface area contributed by atoms with Crippen molar-refractivity contribution in [3.05, 3.63) is 0 Å². The molecule has 4 unspecified atom stereocenters. The van der Waals surface area contributed by atoms with Crippen LogP contribution in [0.2, 0.25) is 0 Å². The van der Waals surface area contributed by atoms with Crippen LogP contribution in [0.3, 0.4) is 0 Å². The summed E-state index contributed by atoms with van der Waals surface area (Å²) in [6.07, 6.45) is 8.29. The first-order valence-electron chi connectivity index (χ1n) is 9.58. The van der Waals surface area contributed by atoms with E-state index in [1.165, 1.54) is 50.9 Å². The number of halogens is 3. The predicted molar refractivity (Wildman–Crippen MR) is 109 cm³/mol. The Balaban J connectivity index is 1.54. The molecule has 4 atom stereocenters. The highest BCUT2D eigenvalue weighted by molar-refractivity contribution is 7.99. The molecule has 1 saturated heterocycles. The lowest BCUT2D eigenvalue weighted by Gasteiger charge is -2.38. The zero-order valence-electron chi connectivity index (χ0n) is 14.4. The molecule has 0 radical (unpaired) electrons. The molecule has 0 aromatic carbocycles. The Bertz CT molecular complexity index is 373. The van der Waals surface area contributed by atoms with Crippen molar-refractivity contribution in [3.8, 4) is 0 Å². The van der Waals surface area contributed by atoms with Gasteiger partial charge in [0.25, 0.3) is 0 Å². The van der Waals surface area contributed by atoms with E-state index in [2.05, 4.69) is 22.0 Å². The third kappa shape index (κ3) is 5.82. The predicted octanol–water partition coefficient (Wildman–Crippen LogP) is 4.76. The van der Waals surface area contributed by atoms with Crippen LogP contribution in [-0.4, -0.2) is 58.3 Å². The standard InChI is InChI=1S/C18H31Cl3N2S/c19-14-3-1-13(2-4-14)11-24-18(10-23-8-7-22-12-23)16-6-5-15(20)9-17(16)21/h13-18,22H,1-12H2. The Hall–Kier alpha value is 1.14. The molecule has 2 nitrogen and oxygen atoms in total. The Kier molecular flexibility index (Phi) is 8.20. The van der Waals surface area contributed by atoms with E-state index in [-0.39, 0.29) is 10.8 Å². The molecule has 0 spiro atoms. The molecular weight excluding hydrogens is 383 g/mol. The Morgan fingerprint density at radius 1 is 1.00 bits per heavy atom. The normalized spacial score (nSPS) is 39.9. The third-order valence-corrected chi connectivity index (χ3v) is 8.86. The largest absolute Gasteiger partial charge is 0.303 e. The number of hydrogen-bond acceptors (Lipinski definition) is 3. The van der Waals surface area contributed by atoms with E-state index in [0.29, 0.717) is 16.5 Å². The van der Waals surface area contributed by atoms with Gasteiger partial charge >= 0.3 is 0 Å². The molecular formula is C18H31Cl3N2S. The second-order valence-corrected chi connectivity index (χ2v) is 10.9. The molecule has 0 aromatic heterocycles. The molecule has 2 saturated carbocycles. The Labute approximate surface area is 166 Å². The van der Waals surface area contributed by atoms with Crippen molar-refractivity contribution in [1.82, 2.24) is 10.2 Å². The van der Waals surface area contributed by atoms with Crippen LogP contribution in [0.1, 0.15) is 44.9 Å². The first kappa shape index (κ1) is 19.9. The number of rotatable bonds is 6. The summed E-state index contributed by atoms with van der Waals surface area (Å²) in [4.78, 5) is 2.56. The molecule has 3 fully saturated rings. The van der Waals surface area contributed by atoms with E-state index >= 15 is 0 Å². The minimum Gasteiger partial charge on any atom is -0.303 e.